The third-order valence-corrected chi connectivity index (χ3v) is 7.88. The van der Waals surface area contributed by atoms with Crippen LogP contribution in [0.2, 0.25) is 5.02 Å². The van der Waals surface area contributed by atoms with Crippen LogP contribution < -0.4 is 4.74 Å². The van der Waals surface area contributed by atoms with Crippen LogP contribution >= 0.6 is 11.6 Å². The number of piperidine rings is 1. The van der Waals surface area contributed by atoms with Gasteiger partial charge in [-0.15, -0.1) is 0 Å². The molecule has 2 aromatic carbocycles. The molecule has 0 N–H and O–H groups in total. The van der Waals surface area contributed by atoms with Crippen molar-refractivity contribution in [3.8, 4) is 5.75 Å². The van der Waals surface area contributed by atoms with Crippen molar-refractivity contribution in [1.29, 1.82) is 0 Å². The summed E-state index contributed by atoms with van der Waals surface area (Å²) in [5.41, 5.74) is 0.407. The van der Waals surface area contributed by atoms with Crippen LogP contribution in [0.3, 0.4) is 0 Å². The van der Waals surface area contributed by atoms with Crippen LogP contribution in [0.5, 0.6) is 5.75 Å². The summed E-state index contributed by atoms with van der Waals surface area (Å²) in [4.78, 5) is 28.4. The molecular formula is C29H34ClF3N2O4. The molecule has 6 nitrogen and oxygen atoms in total. The fourth-order valence-corrected chi connectivity index (χ4v) is 5.28. The maximum Gasteiger partial charge on any atom is 0.404 e. The van der Waals surface area contributed by atoms with E-state index >= 15 is 0 Å². The van der Waals surface area contributed by atoms with E-state index in [4.69, 9.17) is 21.1 Å². The average molecular weight is 567 g/mol. The van der Waals surface area contributed by atoms with Crippen LogP contribution in [0.25, 0.3) is 0 Å². The second-order valence-corrected chi connectivity index (χ2v) is 10.7. The first-order valence-electron chi connectivity index (χ1n) is 13.3. The molecule has 2 aromatic rings. The number of alkyl halides is 3. The minimum Gasteiger partial charge on any atom is -0.494 e. The number of unbranched alkanes of at least 4 members (excludes halogenated alkanes) is 1. The maximum absolute atomic E-state index is 13.7. The molecule has 2 amide bonds. The predicted molar refractivity (Wildman–Crippen MR) is 142 cm³/mol. The molecule has 2 saturated heterocycles. The lowest BCUT2D eigenvalue weighted by Crippen LogP contribution is -2.49. The molecule has 212 valence electrons. The molecule has 0 unspecified atom stereocenters. The number of ether oxygens (including phenoxy) is 2. The lowest BCUT2D eigenvalue weighted by molar-refractivity contribution is -0.172. The van der Waals surface area contributed by atoms with Crippen LogP contribution in [0, 0.1) is 5.92 Å². The van der Waals surface area contributed by atoms with Crippen LogP contribution in [-0.2, 0) is 9.53 Å². The number of rotatable bonds is 10. The summed E-state index contributed by atoms with van der Waals surface area (Å²) in [6.45, 7) is 2.23. The van der Waals surface area contributed by atoms with Crippen molar-refractivity contribution in [3.05, 3.63) is 64.7 Å². The second kappa shape index (κ2) is 13.0. The Balaban J connectivity index is 1.17. The number of benzene rings is 2. The van der Waals surface area contributed by atoms with Crippen LogP contribution in [0.15, 0.2) is 48.5 Å². The van der Waals surface area contributed by atoms with Gasteiger partial charge in [0, 0.05) is 20.1 Å². The van der Waals surface area contributed by atoms with E-state index in [0.717, 1.165) is 19.3 Å². The van der Waals surface area contributed by atoms with Gasteiger partial charge in [-0.1, -0.05) is 48.4 Å². The molecule has 0 aliphatic carbocycles. The highest BCUT2D eigenvalue weighted by Gasteiger charge is 2.47. The van der Waals surface area contributed by atoms with Gasteiger partial charge in [-0.2, -0.15) is 13.2 Å². The van der Waals surface area contributed by atoms with Crippen molar-refractivity contribution in [3.63, 3.8) is 0 Å². The first-order valence-corrected chi connectivity index (χ1v) is 13.7. The first kappa shape index (κ1) is 29.2. The number of hydrogen-bond donors (Lipinski definition) is 0. The Morgan fingerprint density at radius 2 is 1.79 bits per heavy atom. The van der Waals surface area contributed by atoms with Crippen LogP contribution in [0.1, 0.15) is 53.9 Å². The van der Waals surface area contributed by atoms with Crippen LogP contribution in [-0.4, -0.2) is 73.8 Å². The molecule has 0 aromatic heterocycles. The molecule has 39 heavy (non-hydrogen) atoms. The Bertz CT molecular complexity index is 1120. The Hall–Kier alpha value is -2.78. The van der Waals surface area contributed by atoms with Gasteiger partial charge in [0.1, 0.15) is 5.75 Å². The summed E-state index contributed by atoms with van der Waals surface area (Å²) in [6.07, 6.45) is -0.593. The summed E-state index contributed by atoms with van der Waals surface area (Å²) in [7, 11) is 1.74. The summed E-state index contributed by atoms with van der Waals surface area (Å²) < 4.78 is 52.1. The predicted octanol–water partition coefficient (Wildman–Crippen LogP) is 5.94. The van der Waals surface area contributed by atoms with E-state index in [1.807, 2.05) is 0 Å². The van der Waals surface area contributed by atoms with Gasteiger partial charge >= 0.3 is 6.18 Å². The maximum atomic E-state index is 13.7. The third-order valence-electron chi connectivity index (χ3n) is 7.57. The minimum absolute atomic E-state index is 0.0178. The number of likely N-dealkylation sites (tertiary alicyclic amines) is 1. The molecule has 0 saturated carbocycles. The number of likely N-dealkylation sites (N-methyl/N-ethyl adjacent to an activating group) is 1. The molecule has 4 rings (SSSR count). The van der Waals surface area contributed by atoms with Crippen molar-refractivity contribution in [1.82, 2.24) is 9.80 Å². The number of carbonyl (C=O) groups is 2. The summed E-state index contributed by atoms with van der Waals surface area (Å²) in [5.74, 6) is -2.17. The lowest BCUT2D eigenvalue weighted by atomic mass is 9.90. The Morgan fingerprint density at radius 1 is 1.10 bits per heavy atom. The Morgan fingerprint density at radius 3 is 2.38 bits per heavy atom. The third kappa shape index (κ3) is 7.45. The van der Waals surface area contributed by atoms with E-state index in [2.05, 4.69) is 0 Å². The molecule has 2 fully saturated rings. The smallest absolute Gasteiger partial charge is 0.404 e. The quantitative estimate of drug-likeness (QED) is 0.334. The summed E-state index contributed by atoms with van der Waals surface area (Å²) in [5, 5.41) is 0.339. The van der Waals surface area contributed by atoms with Gasteiger partial charge in [-0.3, -0.25) is 9.59 Å². The summed E-state index contributed by atoms with van der Waals surface area (Å²) >= 11 is 6.34. The van der Waals surface area contributed by atoms with Crippen molar-refractivity contribution in [2.24, 2.45) is 5.92 Å². The molecular weight excluding hydrogens is 533 g/mol. The van der Waals surface area contributed by atoms with E-state index in [9.17, 15) is 22.8 Å². The largest absolute Gasteiger partial charge is 0.494 e. The van der Waals surface area contributed by atoms with E-state index in [-0.39, 0.29) is 17.5 Å². The fourth-order valence-electron chi connectivity index (χ4n) is 5.03. The van der Waals surface area contributed by atoms with Crippen molar-refractivity contribution in [2.45, 2.75) is 50.2 Å². The first-order chi connectivity index (χ1) is 18.6. The van der Waals surface area contributed by atoms with Gasteiger partial charge in [0.05, 0.1) is 36.4 Å². The second-order valence-electron chi connectivity index (χ2n) is 10.2. The number of carbonyl (C=O) groups excluding carboxylic acids is 2. The average Bonchev–Trinajstić information content (AvgIpc) is 2.87. The van der Waals surface area contributed by atoms with Crippen molar-refractivity contribution in [2.75, 3.05) is 40.0 Å². The van der Waals surface area contributed by atoms with Gasteiger partial charge in [0.25, 0.3) is 5.91 Å². The zero-order chi connectivity index (χ0) is 28.0. The Kier molecular flexibility index (Phi) is 9.77. The summed E-state index contributed by atoms with van der Waals surface area (Å²) in [6, 6.07) is 12.5. The zero-order valence-corrected chi connectivity index (χ0v) is 22.7. The zero-order valence-electron chi connectivity index (χ0n) is 22.0. The van der Waals surface area contributed by atoms with Crippen LogP contribution in [0.4, 0.5) is 13.2 Å². The van der Waals surface area contributed by atoms with Gasteiger partial charge < -0.3 is 19.3 Å². The molecule has 0 bridgehead atoms. The standard InChI is InChI=1S/C29H34ClF3N2O4/c1-34(22-18-38-19-22)27(36)24-11-10-23(17-25(24)30)39-16-6-5-7-20-12-14-35(15-13-20)28(37)26(29(31,32)33)21-8-3-2-4-9-21/h2-4,8-11,17,20,22,26H,5-7,12-16,18-19H2,1H3/t26-/m0/s1. The van der Waals surface area contributed by atoms with Gasteiger partial charge in [-0.25, -0.2) is 0 Å². The molecule has 10 heteroatoms. The van der Waals surface area contributed by atoms with Crippen molar-refractivity contribution >= 4 is 23.4 Å². The number of hydrogen-bond acceptors (Lipinski definition) is 4. The lowest BCUT2D eigenvalue weighted by Gasteiger charge is -2.35. The van der Waals surface area contributed by atoms with E-state index < -0.39 is 18.0 Å². The monoisotopic (exact) mass is 566 g/mol. The van der Waals surface area contributed by atoms with Gasteiger partial charge in [0.15, 0.2) is 5.92 Å². The highest BCUT2D eigenvalue weighted by molar-refractivity contribution is 6.34. The highest BCUT2D eigenvalue weighted by atomic mass is 35.5. The van der Waals surface area contributed by atoms with E-state index in [1.165, 1.54) is 29.2 Å². The van der Waals surface area contributed by atoms with E-state index in [0.29, 0.717) is 68.0 Å². The number of halogens is 4. The highest BCUT2D eigenvalue weighted by Crippen LogP contribution is 2.37. The normalized spacial score (nSPS) is 17.4. The van der Waals surface area contributed by atoms with Gasteiger partial charge in [0.2, 0.25) is 5.91 Å². The number of amides is 2. The fraction of sp³-hybridized carbons (Fsp3) is 0.517. The minimum atomic E-state index is -4.63. The molecule has 0 radical (unpaired) electrons. The van der Waals surface area contributed by atoms with Crippen molar-refractivity contribution < 1.29 is 32.2 Å². The molecule has 2 aliphatic rings. The SMILES string of the molecule is CN(C(=O)c1ccc(OCCCCC2CCN(C(=O)[C@H](c3ccccc3)C(F)(F)F)CC2)cc1Cl)C1COC1. The topological polar surface area (TPSA) is 59.1 Å². The number of nitrogens with zero attached hydrogens (tertiary/aromatic N) is 2. The molecule has 2 aliphatic heterocycles. The van der Waals surface area contributed by atoms with Gasteiger partial charge in [-0.05, 0) is 55.4 Å². The molecule has 2 heterocycles. The van der Waals surface area contributed by atoms with E-state index in [1.54, 1.807) is 36.2 Å². The molecule has 0 spiro atoms. The Labute approximate surface area is 232 Å². The molecule has 1 atom stereocenters.